The van der Waals surface area contributed by atoms with Crippen molar-refractivity contribution in [1.82, 2.24) is 0 Å². The van der Waals surface area contributed by atoms with Crippen LogP contribution in [0.25, 0.3) is 0 Å². The number of methoxy groups -OCH3 is 1. The van der Waals surface area contributed by atoms with Crippen LogP contribution in [0.3, 0.4) is 0 Å². The molecule has 0 saturated carbocycles. The first-order valence-corrected chi connectivity index (χ1v) is 10.4. The van der Waals surface area contributed by atoms with Crippen molar-refractivity contribution in [2.24, 2.45) is 0 Å². The third-order valence-corrected chi connectivity index (χ3v) is 4.90. The van der Waals surface area contributed by atoms with Gasteiger partial charge in [-0.25, -0.2) is 4.79 Å². The summed E-state index contributed by atoms with van der Waals surface area (Å²) in [5.74, 6) is 0.0114. The Bertz CT molecular complexity index is 1060. The molecule has 0 spiro atoms. The summed E-state index contributed by atoms with van der Waals surface area (Å²) in [7, 11) is 1.53. The van der Waals surface area contributed by atoms with E-state index in [4.69, 9.17) is 14.2 Å². The maximum absolute atomic E-state index is 13.1. The Labute approximate surface area is 188 Å². The SMILES string of the molecule is CCc1ccccc1OCC(=O)OC(C(=O)Nc1cc(C)ccc1OC)c1ccccc1. The summed E-state index contributed by atoms with van der Waals surface area (Å²) in [4.78, 5) is 25.7. The Kier molecular flexibility index (Phi) is 7.86. The van der Waals surface area contributed by atoms with E-state index in [2.05, 4.69) is 5.32 Å². The Balaban J connectivity index is 1.75. The van der Waals surface area contributed by atoms with Crippen LogP contribution >= 0.6 is 0 Å². The number of ether oxygens (including phenoxy) is 3. The molecular formula is C26H27NO5. The van der Waals surface area contributed by atoms with E-state index in [0.717, 1.165) is 17.5 Å². The number of rotatable bonds is 9. The topological polar surface area (TPSA) is 73.9 Å². The number of hydrogen-bond acceptors (Lipinski definition) is 5. The molecule has 6 heteroatoms. The van der Waals surface area contributed by atoms with E-state index in [0.29, 0.717) is 22.7 Å². The summed E-state index contributed by atoms with van der Waals surface area (Å²) < 4.78 is 16.5. The lowest BCUT2D eigenvalue weighted by molar-refractivity contribution is -0.156. The minimum Gasteiger partial charge on any atom is -0.495 e. The first kappa shape index (κ1) is 22.9. The van der Waals surface area contributed by atoms with Crippen molar-refractivity contribution in [3.05, 3.63) is 89.5 Å². The summed E-state index contributed by atoms with van der Waals surface area (Å²) >= 11 is 0. The number of carbonyl (C=O) groups is 2. The van der Waals surface area contributed by atoms with Gasteiger partial charge in [0.25, 0.3) is 5.91 Å². The molecule has 3 rings (SSSR count). The van der Waals surface area contributed by atoms with Crippen LogP contribution in [-0.2, 0) is 20.7 Å². The van der Waals surface area contributed by atoms with Crippen LogP contribution in [0.1, 0.15) is 29.7 Å². The van der Waals surface area contributed by atoms with Crippen molar-refractivity contribution >= 4 is 17.6 Å². The summed E-state index contributed by atoms with van der Waals surface area (Å²) in [6, 6.07) is 21.8. The van der Waals surface area contributed by atoms with Crippen molar-refractivity contribution in [3.8, 4) is 11.5 Å². The van der Waals surface area contributed by atoms with Crippen molar-refractivity contribution in [2.75, 3.05) is 19.0 Å². The van der Waals surface area contributed by atoms with Crippen LogP contribution in [0.4, 0.5) is 5.69 Å². The van der Waals surface area contributed by atoms with Gasteiger partial charge in [-0.3, -0.25) is 4.79 Å². The quantitative estimate of drug-likeness (QED) is 0.488. The fraction of sp³-hybridized carbons (Fsp3) is 0.231. The molecule has 1 atom stereocenters. The number of para-hydroxylation sites is 1. The lowest BCUT2D eigenvalue weighted by atomic mass is 10.1. The number of anilines is 1. The fourth-order valence-corrected chi connectivity index (χ4v) is 3.26. The Morgan fingerprint density at radius 1 is 0.938 bits per heavy atom. The first-order valence-electron chi connectivity index (χ1n) is 10.4. The molecule has 0 aromatic heterocycles. The molecule has 166 valence electrons. The highest BCUT2D eigenvalue weighted by Crippen LogP contribution is 2.28. The summed E-state index contributed by atoms with van der Waals surface area (Å²) in [6.07, 6.45) is -0.363. The Morgan fingerprint density at radius 2 is 1.66 bits per heavy atom. The molecular weight excluding hydrogens is 406 g/mol. The van der Waals surface area contributed by atoms with Crippen molar-refractivity contribution < 1.29 is 23.8 Å². The van der Waals surface area contributed by atoms with Gasteiger partial charge < -0.3 is 19.5 Å². The maximum Gasteiger partial charge on any atom is 0.345 e. The molecule has 0 aliphatic heterocycles. The van der Waals surface area contributed by atoms with Crippen LogP contribution in [0, 0.1) is 6.92 Å². The monoisotopic (exact) mass is 433 g/mol. The van der Waals surface area contributed by atoms with Crippen LogP contribution in [0.15, 0.2) is 72.8 Å². The number of carbonyl (C=O) groups excluding carboxylic acids is 2. The molecule has 0 radical (unpaired) electrons. The molecule has 0 aliphatic rings. The molecule has 0 bridgehead atoms. The molecule has 0 fully saturated rings. The average Bonchev–Trinajstić information content (AvgIpc) is 2.82. The van der Waals surface area contributed by atoms with Gasteiger partial charge in [0.1, 0.15) is 11.5 Å². The molecule has 32 heavy (non-hydrogen) atoms. The predicted octanol–water partition coefficient (Wildman–Crippen LogP) is 4.87. The summed E-state index contributed by atoms with van der Waals surface area (Å²) in [6.45, 7) is 3.62. The maximum atomic E-state index is 13.1. The van der Waals surface area contributed by atoms with E-state index in [9.17, 15) is 9.59 Å². The van der Waals surface area contributed by atoms with Crippen molar-refractivity contribution in [2.45, 2.75) is 26.4 Å². The Morgan fingerprint density at radius 3 is 2.38 bits per heavy atom. The Hall–Kier alpha value is -3.80. The third kappa shape index (κ3) is 5.88. The van der Waals surface area contributed by atoms with Gasteiger partial charge in [-0.2, -0.15) is 0 Å². The lowest BCUT2D eigenvalue weighted by Crippen LogP contribution is -2.28. The second-order valence-electron chi connectivity index (χ2n) is 7.22. The highest BCUT2D eigenvalue weighted by atomic mass is 16.6. The number of aryl methyl sites for hydroxylation is 2. The minimum absolute atomic E-state index is 0.304. The van der Waals surface area contributed by atoms with E-state index in [-0.39, 0.29) is 6.61 Å². The van der Waals surface area contributed by atoms with Gasteiger partial charge in [-0.15, -0.1) is 0 Å². The van der Waals surface area contributed by atoms with Gasteiger partial charge in [-0.05, 0) is 42.7 Å². The minimum atomic E-state index is -1.14. The van der Waals surface area contributed by atoms with Gasteiger partial charge in [-0.1, -0.05) is 61.5 Å². The van der Waals surface area contributed by atoms with Crippen LogP contribution in [-0.4, -0.2) is 25.6 Å². The second-order valence-corrected chi connectivity index (χ2v) is 7.22. The van der Waals surface area contributed by atoms with Gasteiger partial charge in [0.15, 0.2) is 6.61 Å². The molecule has 1 amide bonds. The largest absolute Gasteiger partial charge is 0.495 e. The van der Waals surface area contributed by atoms with Crippen LogP contribution < -0.4 is 14.8 Å². The van der Waals surface area contributed by atoms with Gasteiger partial charge in [0.2, 0.25) is 6.10 Å². The van der Waals surface area contributed by atoms with E-state index in [1.165, 1.54) is 7.11 Å². The number of hydrogen-bond donors (Lipinski definition) is 1. The summed E-state index contributed by atoms with van der Waals surface area (Å²) in [5, 5.41) is 2.82. The zero-order chi connectivity index (χ0) is 22.9. The lowest BCUT2D eigenvalue weighted by Gasteiger charge is -2.19. The zero-order valence-corrected chi connectivity index (χ0v) is 18.5. The van der Waals surface area contributed by atoms with Gasteiger partial charge in [0.05, 0.1) is 12.8 Å². The molecule has 3 aromatic rings. The normalized spacial score (nSPS) is 11.3. The average molecular weight is 434 g/mol. The number of esters is 1. The molecule has 6 nitrogen and oxygen atoms in total. The van der Waals surface area contributed by atoms with Gasteiger partial charge >= 0.3 is 5.97 Å². The molecule has 0 aliphatic carbocycles. The van der Waals surface area contributed by atoms with E-state index < -0.39 is 18.0 Å². The molecule has 0 saturated heterocycles. The highest BCUT2D eigenvalue weighted by Gasteiger charge is 2.26. The zero-order valence-electron chi connectivity index (χ0n) is 18.5. The smallest absolute Gasteiger partial charge is 0.345 e. The highest BCUT2D eigenvalue weighted by molar-refractivity contribution is 5.97. The number of amides is 1. The predicted molar refractivity (Wildman–Crippen MR) is 123 cm³/mol. The van der Waals surface area contributed by atoms with Crippen LogP contribution in [0.5, 0.6) is 11.5 Å². The van der Waals surface area contributed by atoms with E-state index in [1.807, 2.05) is 44.2 Å². The summed E-state index contributed by atoms with van der Waals surface area (Å²) in [5.41, 5.74) is 3.00. The number of benzene rings is 3. The van der Waals surface area contributed by atoms with E-state index in [1.54, 1.807) is 42.5 Å². The first-order chi connectivity index (χ1) is 15.5. The molecule has 1 unspecified atom stereocenters. The van der Waals surface area contributed by atoms with E-state index >= 15 is 0 Å². The fourth-order valence-electron chi connectivity index (χ4n) is 3.26. The van der Waals surface area contributed by atoms with Crippen molar-refractivity contribution in [1.29, 1.82) is 0 Å². The van der Waals surface area contributed by atoms with Gasteiger partial charge in [0, 0.05) is 5.56 Å². The van der Waals surface area contributed by atoms with Crippen molar-refractivity contribution in [3.63, 3.8) is 0 Å². The van der Waals surface area contributed by atoms with Crippen LogP contribution in [0.2, 0.25) is 0 Å². The molecule has 1 N–H and O–H groups in total. The molecule has 3 aromatic carbocycles. The second kappa shape index (κ2) is 11.0. The molecule has 0 heterocycles. The third-order valence-electron chi connectivity index (χ3n) is 4.90. The number of nitrogens with one attached hydrogen (secondary N) is 1. The standard InChI is InChI=1S/C26H27NO5/c1-4-19-10-8-9-13-22(19)31-17-24(28)32-25(20-11-6-5-7-12-20)26(29)27-21-16-18(2)14-15-23(21)30-3/h5-16,25H,4,17H2,1-3H3,(H,27,29).